The van der Waals surface area contributed by atoms with Crippen LogP contribution in [0.2, 0.25) is 0 Å². The standard InChI is InChI=1S/C20H20FN3O5/c1-13-4-5-14(10-17(13)21)22-19(25)12-29-20(26)16-11-15(24(27)28)6-7-18(16)23-8-2-3-9-23/h4-7,10-11H,2-3,8-9,12H2,1H3,(H,22,25). The van der Waals surface area contributed by atoms with E-state index in [4.69, 9.17) is 4.74 Å². The molecule has 1 fully saturated rings. The molecule has 1 aliphatic rings. The Balaban J connectivity index is 1.70. The third kappa shape index (κ3) is 4.87. The van der Waals surface area contributed by atoms with Gasteiger partial charge in [-0.15, -0.1) is 0 Å². The van der Waals surface area contributed by atoms with E-state index >= 15 is 0 Å². The average molecular weight is 401 g/mol. The Kier molecular flexibility index (Phi) is 6.06. The number of esters is 1. The molecule has 0 bridgehead atoms. The maximum absolute atomic E-state index is 13.6. The molecule has 0 radical (unpaired) electrons. The molecule has 1 aliphatic heterocycles. The number of rotatable bonds is 6. The number of carbonyl (C=O) groups is 2. The van der Waals surface area contributed by atoms with Crippen molar-refractivity contribution in [1.29, 1.82) is 0 Å². The molecule has 1 N–H and O–H groups in total. The molecule has 0 unspecified atom stereocenters. The fourth-order valence-electron chi connectivity index (χ4n) is 3.11. The first kappa shape index (κ1) is 20.2. The predicted octanol–water partition coefficient (Wildman–Crippen LogP) is 3.44. The number of ether oxygens (including phenoxy) is 1. The van der Waals surface area contributed by atoms with Crippen molar-refractivity contribution in [1.82, 2.24) is 0 Å². The Labute approximate surface area is 166 Å². The first-order valence-corrected chi connectivity index (χ1v) is 9.11. The van der Waals surface area contributed by atoms with E-state index in [1.165, 1.54) is 30.3 Å². The summed E-state index contributed by atoms with van der Waals surface area (Å²) in [6.07, 6.45) is 1.92. The van der Waals surface area contributed by atoms with Gasteiger partial charge in [-0.05, 0) is 43.5 Å². The summed E-state index contributed by atoms with van der Waals surface area (Å²) in [4.78, 5) is 37.0. The fourth-order valence-corrected chi connectivity index (χ4v) is 3.11. The lowest BCUT2D eigenvalue weighted by atomic mass is 10.1. The maximum Gasteiger partial charge on any atom is 0.341 e. The summed E-state index contributed by atoms with van der Waals surface area (Å²) in [5.41, 5.74) is 1.02. The topological polar surface area (TPSA) is 102 Å². The third-order valence-electron chi connectivity index (χ3n) is 4.65. The highest BCUT2D eigenvalue weighted by molar-refractivity contribution is 5.99. The molecule has 152 valence electrons. The van der Waals surface area contributed by atoms with Crippen LogP contribution in [0, 0.1) is 22.9 Å². The van der Waals surface area contributed by atoms with E-state index in [2.05, 4.69) is 5.32 Å². The number of hydrogen-bond acceptors (Lipinski definition) is 6. The van der Waals surface area contributed by atoms with Gasteiger partial charge >= 0.3 is 5.97 Å². The van der Waals surface area contributed by atoms with Crippen molar-refractivity contribution in [3.8, 4) is 0 Å². The lowest BCUT2D eigenvalue weighted by molar-refractivity contribution is -0.384. The van der Waals surface area contributed by atoms with Crippen molar-refractivity contribution in [2.75, 3.05) is 29.9 Å². The number of benzene rings is 2. The van der Waals surface area contributed by atoms with Gasteiger partial charge in [0.2, 0.25) is 0 Å². The SMILES string of the molecule is Cc1ccc(NC(=O)COC(=O)c2cc([N+](=O)[O-])ccc2N2CCCC2)cc1F. The smallest absolute Gasteiger partial charge is 0.341 e. The minimum absolute atomic E-state index is 0.0373. The van der Waals surface area contributed by atoms with Crippen LogP contribution in [0.1, 0.15) is 28.8 Å². The molecule has 29 heavy (non-hydrogen) atoms. The number of amides is 1. The van der Waals surface area contributed by atoms with Crippen LogP contribution in [0.4, 0.5) is 21.5 Å². The van der Waals surface area contributed by atoms with Crippen molar-refractivity contribution in [2.45, 2.75) is 19.8 Å². The molecule has 1 saturated heterocycles. The third-order valence-corrected chi connectivity index (χ3v) is 4.65. The van der Waals surface area contributed by atoms with E-state index in [-0.39, 0.29) is 16.9 Å². The number of hydrogen-bond donors (Lipinski definition) is 1. The van der Waals surface area contributed by atoms with Gasteiger partial charge in [-0.3, -0.25) is 14.9 Å². The predicted molar refractivity (Wildman–Crippen MR) is 105 cm³/mol. The number of nitrogens with one attached hydrogen (secondary N) is 1. The first-order valence-electron chi connectivity index (χ1n) is 9.11. The molecule has 2 aromatic rings. The van der Waals surface area contributed by atoms with Crippen LogP contribution in [-0.4, -0.2) is 36.5 Å². The Hall–Kier alpha value is -3.49. The molecule has 1 amide bonds. The summed E-state index contributed by atoms with van der Waals surface area (Å²) in [5, 5.41) is 13.5. The summed E-state index contributed by atoms with van der Waals surface area (Å²) < 4.78 is 18.6. The van der Waals surface area contributed by atoms with Crippen molar-refractivity contribution >= 4 is 28.9 Å². The molecule has 0 atom stereocenters. The van der Waals surface area contributed by atoms with Gasteiger partial charge in [0.1, 0.15) is 5.82 Å². The van der Waals surface area contributed by atoms with Gasteiger partial charge in [-0.2, -0.15) is 0 Å². The number of carbonyl (C=O) groups excluding carboxylic acids is 2. The molecule has 2 aromatic carbocycles. The van der Waals surface area contributed by atoms with Crippen LogP contribution >= 0.6 is 0 Å². The normalized spacial score (nSPS) is 13.2. The lowest BCUT2D eigenvalue weighted by Gasteiger charge is -2.20. The molecule has 0 aromatic heterocycles. The molecule has 0 saturated carbocycles. The van der Waals surface area contributed by atoms with Crippen LogP contribution in [-0.2, 0) is 9.53 Å². The first-order chi connectivity index (χ1) is 13.8. The summed E-state index contributed by atoms with van der Waals surface area (Å²) in [7, 11) is 0. The van der Waals surface area contributed by atoms with Gasteiger partial charge in [-0.1, -0.05) is 6.07 Å². The second-order valence-corrected chi connectivity index (χ2v) is 6.74. The molecular formula is C20H20FN3O5. The zero-order valence-electron chi connectivity index (χ0n) is 15.8. The van der Waals surface area contributed by atoms with Crippen molar-refractivity contribution in [3.63, 3.8) is 0 Å². The van der Waals surface area contributed by atoms with Gasteiger partial charge in [0, 0.05) is 30.9 Å². The highest BCUT2D eigenvalue weighted by Gasteiger charge is 2.24. The number of aryl methyl sites for hydroxylation is 1. The zero-order chi connectivity index (χ0) is 21.0. The van der Waals surface area contributed by atoms with Crippen LogP contribution in [0.15, 0.2) is 36.4 Å². The monoisotopic (exact) mass is 401 g/mol. The van der Waals surface area contributed by atoms with E-state index in [1.807, 2.05) is 4.90 Å². The molecule has 0 aliphatic carbocycles. The van der Waals surface area contributed by atoms with Gasteiger partial charge in [-0.25, -0.2) is 9.18 Å². The van der Waals surface area contributed by atoms with E-state index < -0.39 is 29.2 Å². The lowest BCUT2D eigenvalue weighted by Crippen LogP contribution is -2.24. The molecule has 9 heteroatoms. The number of nitro benzene ring substituents is 1. The van der Waals surface area contributed by atoms with Gasteiger partial charge in [0.15, 0.2) is 6.61 Å². The number of halogens is 1. The minimum atomic E-state index is -0.833. The van der Waals surface area contributed by atoms with E-state index in [0.29, 0.717) is 11.3 Å². The largest absolute Gasteiger partial charge is 0.452 e. The van der Waals surface area contributed by atoms with Crippen LogP contribution in [0.25, 0.3) is 0 Å². The number of nitrogens with zero attached hydrogens (tertiary/aromatic N) is 2. The van der Waals surface area contributed by atoms with Crippen molar-refractivity contribution in [2.24, 2.45) is 0 Å². The Morgan fingerprint density at radius 3 is 2.59 bits per heavy atom. The average Bonchev–Trinajstić information content (AvgIpc) is 3.23. The highest BCUT2D eigenvalue weighted by Crippen LogP contribution is 2.29. The summed E-state index contributed by atoms with van der Waals surface area (Å²) in [6, 6.07) is 8.23. The number of nitro groups is 1. The van der Waals surface area contributed by atoms with E-state index in [9.17, 15) is 24.1 Å². The highest BCUT2D eigenvalue weighted by atomic mass is 19.1. The quantitative estimate of drug-likeness (QED) is 0.452. The Bertz CT molecular complexity index is 957. The Morgan fingerprint density at radius 1 is 1.21 bits per heavy atom. The number of non-ortho nitro benzene ring substituents is 1. The van der Waals surface area contributed by atoms with Crippen LogP contribution < -0.4 is 10.2 Å². The molecule has 8 nitrogen and oxygen atoms in total. The molecular weight excluding hydrogens is 381 g/mol. The van der Waals surface area contributed by atoms with E-state index in [0.717, 1.165) is 32.0 Å². The van der Waals surface area contributed by atoms with Crippen molar-refractivity contribution in [3.05, 3.63) is 63.5 Å². The molecule has 0 spiro atoms. The van der Waals surface area contributed by atoms with Crippen molar-refractivity contribution < 1.29 is 23.6 Å². The molecule has 3 rings (SSSR count). The zero-order valence-corrected chi connectivity index (χ0v) is 15.8. The minimum Gasteiger partial charge on any atom is -0.452 e. The summed E-state index contributed by atoms with van der Waals surface area (Å²) in [5.74, 6) is -1.94. The second kappa shape index (κ2) is 8.68. The summed E-state index contributed by atoms with van der Waals surface area (Å²) in [6.45, 7) is 2.46. The maximum atomic E-state index is 13.6. The van der Waals surface area contributed by atoms with Gasteiger partial charge < -0.3 is 15.0 Å². The number of anilines is 2. The second-order valence-electron chi connectivity index (χ2n) is 6.74. The molecule has 1 heterocycles. The van der Waals surface area contributed by atoms with E-state index in [1.54, 1.807) is 6.92 Å². The fraction of sp³-hybridized carbons (Fsp3) is 0.300. The van der Waals surface area contributed by atoms with Gasteiger partial charge in [0.25, 0.3) is 11.6 Å². The van der Waals surface area contributed by atoms with Crippen LogP contribution in [0.5, 0.6) is 0 Å². The Morgan fingerprint density at radius 2 is 1.93 bits per heavy atom. The van der Waals surface area contributed by atoms with Gasteiger partial charge in [0.05, 0.1) is 16.2 Å². The van der Waals surface area contributed by atoms with Crippen LogP contribution in [0.3, 0.4) is 0 Å². The summed E-state index contributed by atoms with van der Waals surface area (Å²) >= 11 is 0.